The standard InChI is InChI=1S/C16H23NO4/c1-4-6-13(9-16(19)20)17-15(18)10-21-14-8-5-7-11(2)12(14)3/h5,7-8,13H,4,6,9-10H2,1-3H3,(H,17,18)(H,19,20). The Morgan fingerprint density at radius 2 is 2.05 bits per heavy atom. The second-order valence-electron chi connectivity index (χ2n) is 5.14. The quantitative estimate of drug-likeness (QED) is 0.772. The summed E-state index contributed by atoms with van der Waals surface area (Å²) in [4.78, 5) is 22.6. The minimum atomic E-state index is -0.913. The lowest BCUT2D eigenvalue weighted by Crippen LogP contribution is -2.39. The first-order valence-electron chi connectivity index (χ1n) is 7.14. The Bertz CT molecular complexity index is 499. The van der Waals surface area contributed by atoms with E-state index in [9.17, 15) is 9.59 Å². The number of aliphatic carboxylic acids is 1. The van der Waals surface area contributed by atoms with E-state index in [2.05, 4.69) is 5.32 Å². The minimum absolute atomic E-state index is 0.0664. The van der Waals surface area contributed by atoms with Crippen LogP contribution in [0.5, 0.6) is 5.75 Å². The summed E-state index contributed by atoms with van der Waals surface area (Å²) in [5.41, 5.74) is 2.10. The number of carboxylic acid groups (broad SMARTS) is 1. The van der Waals surface area contributed by atoms with Crippen molar-refractivity contribution < 1.29 is 19.4 Å². The molecule has 0 aliphatic heterocycles. The molecule has 0 bridgehead atoms. The van der Waals surface area contributed by atoms with Crippen LogP contribution in [0.1, 0.15) is 37.3 Å². The molecule has 1 rings (SSSR count). The molecule has 5 nitrogen and oxygen atoms in total. The molecule has 0 aromatic heterocycles. The molecular weight excluding hydrogens is 270 g/mol. The van der Waals surface area contributed by atoms with Gasteiger partial charge in [-0.25, -0.2) is 0 Å². The van der Waals surface area contributed by atoms with Crippen LogP contribution in [0.25, 0.3) is 0 Å². The Labute approximate surface area is 125 Å². The van der Waals surface area contributed by atoms with E-state index in [-0.39, 0.29) is 25.0 Å². The molecule has 2 N–H and O–H groups in total. The maximum absolute atomic E-state index is 11.9. The molecule has 0 saturated carbocycles. The van der Waals surface area contributed by atoms with Gasteiger partial charge in [-0.1, -0.05) is 25.5 Å². The lowest BCUT2D eigenvalue weighted by Gasteiger charge is -2.17. The van der Waals surface area contributed by atoms with Crippen LogP contribution >= 0.6 is 0 Å². The first-order valence-corrected chi connectivity index (χ1v) is 7.14. The van der Waals surface area contributed by atoms with E-state index in [1.165, 1.54) is 0 Å². The van der Waals surface area contributed by atoms with Crippen LogP contribution in [0.4, 0.5) is 0 Å². The fourth-order valence-electron chi connectivity index (χ4n) is 2.08. The molecule has 1 unspecified atom stereocenters. The predicted molar refractivity (Wildman–Crippen MR) is 80.5 cm³/mol. The minimum Gasteiger partial charge on any atom is -0.483 e. The number of carbonyl (C=O) groups excluding carboxylic acids is 1. The number of benzene rings is 1. The average molecular weight is 293 g/mol. The van der Waals surface area contributed by atoms with Gasteiger partial charge in [0, 0.05) is 6.04 Å². The van der Waals surface area contributed by atoms with Gasteiger partial charge in [0.15, 0.2) is 6.61 Å². The second-order valence-corrected chi connectivity index (χ2v) is 5.14. The van der Waals surface area contributed by atoms with Gasteiger partial charge < -0.3 is 15.2 Å². The van der Waals surface area contributed by atoms with Crippen molar-refractivity contribution in [3.05, 3.63) is 29.3 Å². The maximum atomic E-state index is 11.9. The molecule has 5 heteroatoms. The van der Waals surface area contributed by atoms with Crippen molar-refractivity contribution in [2.24, 2.45) is 0 Å². The van der Waals surface area contributed by atoms with Crippen molar-refractivity contribution in [3.8, 4) is 5.75 Å². The van der Waals surface area contributed by atoms with Gasteiger partial charge in [-0.3, -0.25) is 9.59 Å². The molecule has 0 radical (unpaired) electrons. The van der Waals surface area contributed by atoms with E-state index in [0.29, 0.717) is 12.2 Å². The third-order valence-corrected chi connectivity index (χ3v) is 3.34. The van der Waals surface area contributed by atoms with Crippen LogP contribution in [0, 0.1) is 13.8 Å². The third kappa shape index (κ3) is 5.85. The highest BCUT2D eigenvalue weighted by atomic mass is 16.5. The predicted octanol–water partition coefficient (Wildman–Crippen LogP) is 2.44. The zero-order chi connectivity index (χ0) is 15.8. The van der Waals surface area contributed by atoms with E-state index < -0.39 is 5.97 Å². The first kappa shape index (κ1) is 17.0. The molecule has 1 aromatic carbocycles. The van der Waals surface area contributed by atoms with Crippen LogP contribution in [-0.2, 0) is 9.59 Å². The van der Waals surface area contributed by atoms with Crippen LogP contribution in [-0.4, -0.2) is 29.6 Å². The molecule has 116 valence electrons. The smallest absolute Gasteiger partial charge is 0.305 e. The average Bonchev–Trinajstić information content (AvgIpc) is 2.40. The SMILES string of the molecule is CCCC(CC(=O)O)NC(=O)COc1cccc(C)c1C. The van der Waals surface area contributed by atoms with E-state index in [0.717, 1.165) is 17.5 Å². The molecule has 21 heavy (non-hydrogen) atoms. The van der Waals surface area contributed by atoms with E-state index in [1.807, 2.05) is 39.0 Å². The highest BCUT2D eigenvalue weighted by molar-refractivity contribution is 5.78. The number of amides is 1. The van der Waals surface area contributed by atoms with Crippen molar-refractivity contribution in [2.45, 2.75) is 46.1 Å². The summed E-state index contributed by atoms with van der Waals surface area (Å²) in [6.07, 6.45) is 1.39. The summed E-state index contributed by atoms with van der Waals surface area (Å²) in [6.45, 7) is 5.76. The number of carbonyl (C=O) groups is 2. The summed E-state index contributed by atoms with van der Waals surface area (Å²) in [5.74, 6) is -0.532. The van der Waals surface area contributed by atoms with Crippen molar-refractivity contribution in [1.29, 1.82) is 0 Å². The lowest BCUT2D eigenvalue weighted by atomic mass is 10.1. The molecule has 0 spiro atoms. The number of hydrogen-bond acceptors (Lipinski definition) is 3. The summed E-state index contributed by atoms with van der Waals surface area (Å²) >= 11 is 0. The molecule has 1 atom stereocenters. The van der Waals surface area contributed by atoms with Crippen LogP contribution in [0.2, 0.25) is 0 Å². The Morgan fingerprint density at radius 3 is 2.67 bits per heavy atom. The molecule has 1 amide bonds. The molecule has 1 aromatic rings. The van der Waals surface area contributed by atoms with Crippen molar-refractivity contribution in [3.63, 3.8) is 0 Å². The zero-order valence-corrected chi connectivity index (χ0v) is 12.8. The second kappa shape index (κ2) is 8.29. The van der Waals surface area contributed by atoms with E-state index in [1.54, 1.807) is 0 Å². The van der Waals surface area contributed by atoms with Gasteiger partial charge in [0.2, 0.25) is 0 Å². The monoisotopic (exact) mass is 293 g/mol. The lowest BCUT2D eigenvalue weighted by molar-refractivity contribution is -0.137. The van der Waals surface area contributed by atoms with E-state index in [4.69, 9.17) is 9.84 Å². The number of hydrogen-bond donors (Lipinski definition) is 2. The summed E-state index contributed by atoms with van der Waals surface area (Å²) in [6, 6.07) is 5.32. The fraction of sp³-hybridized carbons (Fsp3) is 0.500. The van der Waals surface area contributed by atoms with Gasteiger partial charge in [-0.15, -0.1) is 0 Å². The Kier molecular flexibility index (Phi) is 6.72. The van der Waals surface area contributed by atoms with Crippen molar-refractivity contribution >= 4 is 11.9 Å². The molecule has 0 aliphatic carbocycles. The maximum Gasteiger partial charge on any atom is 0.305 e. The molecule has 0 saturated heterocycles. The fourth-order valence-corrected chi connectivity index (χ4v) is 2.08. The third-order valence-electron chi connectivity index (χ3n) is 3.34. The van der Waals surface area contributed by atoms with Gasteiger partial charge >= 0.3 is 5.97 Å². The highest BCUT2D eigenvalue weighted by Gasteiger charge is 2.15. The van der Waals surface area contributed by atoms with Gasteiger partial charge in [0.25, 0.3) is 5.91 Å². The van der Waals surface area contributed by atoms with Crippen LogP contribution in [0.15, 0.2) is 18.2 Å². The highest BCUT2D eigenvalue weighted by Crippen LogP contribution is 2.20. The van der Waals surface area contributed by atoms with Gasteiger partial charge in [-0.2, -0.15) is 0 Å². The largest absolute Gasteiger partial charge is 0.483 e. The summed E-state index contributed by atoms with van der Waals surface area (Å²) < 4.78 is 5.50. The summed E-state index contributed by atoms with van der Waals surface area (Å²) in [7, 11) is 0. The molecule has 0 heterocycles. The van der Waals surface area contributed by atoms with Crippen LogP contribution < -0.4 is 10.1 Å². The molecule has 0 fully saturated rings. The molecular formula is C16H23NO4. The topological polar surface area (TPSA) is 75.6 Å². The number of aryl methyl sites for hydroxylation is 1. The van der Waals surface area contributed by atoms with Crippen molar-refractivity contribution in [1.82, 2.24) is 5.32 Å². The Hall–Kier alpha value is -2.04. The number of rotatable bonds is 8. The molecule has 0 aliphatic rings. The Morgan fingerprint density at radius 1 is 1.33 bits per heavy atom. The number of ether oxygens (including phenoxy) is 1. The Balaban J connectivity index is 2.52. The summed E-state index contributed by atoms with van der Waals surface area (Å²) in [5, 5.41) is 11.5. The van der Waals surface area contributed by atoms with Gasteiger partial charge in [0.05, 0.1) is 6.42 Å². The number of carboxylic acids is 1. The van der Waals surface area contributed by atoms with Crippen LogP contribution in [0.3, 0.4) is 0 Å². The van der Waals surface area contributed by atoms with Gasteiger partial charge in [-0.05, 0) is 37.5 Å². The normalized spacial score (nSPS) is 11.8. The first-order chi connectivity index (χ1) is 9.93. The van der Waals surface area contributed by atoms with Crippen molar-refractivity contribution in [2.75, 3.05) is 6.61 Å². The zero-order valence-electron chi connectivity index (χ0n) is 12.8. The number of nitrogens with one attached hydrogen (secondary N) is 1. The van der Waals surface area contributed by atoms with Gasteiger partial charge in [0.1, 0.15) is 5.75 Å². The van der Waals surface area contributed by atoms with E-state index >= 15 is 0 Å².